The number of hydrogen-bond acceptors (Lipinski definition) is 3. The number of carbonyl (C=O) groups is 2. The molecule has 0 aliphatic carbocycles. The van der Waals surface area contributed by atoms with Crippen molar-refractivity contribution in [1.29, 1.82) is 0 Å². The summed E-state index contributed by atoms with van der Waals surface area (Å²) in [5.41, 5.74) is 4.77. The number of nitrogens with zero attached hydrogens (tertiary/aromatic N) is 3. The summed E-state index contributed by atoms with van der Waals surface area (Å²) in [7, 11) is 1.72. The first kappa shape index (κ1) is 20.3. The topological polar surface area (TPSA) is 53.0 Å². The summed E-state index contributed by atoms with van der Waals surface area (Å²) in [4.78, 5) is 32.9. The van der Waals surface area contributed by atoms with E-state index in [0.717, 1.165) is 22.4 Å². The molecule has 0 N–H and O–H groups in total. The van der Waals surface area contributed by atoms with Crippen molar-refractivity contribution in [3.8, 4) is 0 Å². The average Bonchev–Trinajstić information content (AvgIpc) is 3.11. The van der Waals surface area contributed by atoms with Crippen LogP contribution in [0.15, 0.2) is 89.6 Å². The molecule has 0 saturated carbocycles. The fraction of sp³-hybridized carbons (Fsp3) is 0.115. The van der Waals surface area contributed by atoms with Gasteiger partial charge in [0.05, 0.1) is 5.69 Å². The Kier molecular flexibility index (Phi) is 5.50. The molecule has 0 bridgehead atoms. The van der Waals surface area contributed by atoms with Crippen LogP contribution in [0.3, 0.4) is 0 Å². The van der Waals surface area contributed by atoms with E-state index in [1.807, 2.05) is 91.9 Å². The summed E-state index contributed by atoms with van der Waals surface area (Å²) in [6.07, 6.45) is 1.81. The van der Waals surface area contributed by atoms with E-state index < -0.39 is 0 Å². The van der Waals surface area contributed by atoms with Crippen LogP contribution in [0, 0.1) is 6.92 Å². The zero-order valence-corrected chi connectivity index (χ0v) is 17.7. The zero-order valence-electron chi connectivity index (χ0n) is 17.7. The summed E-state index contributed by atoms with van der Waals surface area (Å²) in [6.45, 7) is 3.54. The van der Waals surface area contributed by atoms with Crippen LogP contribution < -0.4 is 9.80 Å². The lowest BCUT2D eigenvalue weighted by molar-refractivity contribution is -0.116. The van der Waals surface area contributed by atoms with Crippen molar-refractivity contribution >= 4 is 35.1 Å². The molecule has 1 aliphatic heterocycles. The highest BCUT2D eigenvalue weighted by Gasteiger charge is 2.32. The highest BCUT2D eigenvalue weighted by molar-refractivity contribution is 6.33. The maximum Gasteiger partial charge on any atom is 0.282 e. The van der Waals surface area contributed by atoms with Crippen LogP contribution >= 0.6 is 0 Å². The standard InChI is InChI=1S/C26H23N3O2/c1-18-9-11-20(12-10-18)17-24-26(31)29(25(27-24)21-7-5-4-6-8-21)23-15-13-22(14-16-23)28(3)19(2)30/h4-17H,1-3H3. The van der Waals surface area contributed by atoms with Gasteiger partial charge in [-0.15, -0.1) is 0 Å². The molecular formula is C26H23N3O2. The van der Waals surface area contributed by atoms with Crippen molar-refractivity contribution in [2.45, 2.75) is 13.8 Å². The highest BCUT2D eigenvalue weighted by Crippen LogP contribution is 2.29. The maximum atomic E-state index is 13.4. The molecule has 154 valence electrons. The molecule has 4 rings (SSSR count). The minimum Gasteiger partial charge on any atom is -0.316 e. The molecule has 31 heavy (non-hydrogen) atoms. The van der Waals surface area contributed by atoms with Gasteiger partial charge in [0.2, 0.25) is 5.91 Å². The Bertz CT molecular complexity index is 1180. The number of aliphatic imine (C=N–C) groups is 1. The van der Waals surface area contributed by atoms with Gasteiger partial charge in [-0.2, -0.15) is 0 Å². The molecule has 0 spiro atoms. The number of amidine groups is 1. The molecule has 0 fully saturated rings. The summed E-state index contributed by atoms with van der Waals surface area (Å²) < 4.78 is 0. The third-order valence-electron chi connectivity index (χ3n) is 5.24. The molecule has 3 aromatic carbocycles. The molecular weight excluding hydrogens is 386 g/mol. The first-order chi connectivity index (χ1) is 14.9. The van der Waals surface area contributed by atoms with Crippen molar-refractivity contribution in [3.05, 3.63) is 101 Å². The predicted molar refractivity (Wildman–Crippen MR) is 125 cm³/mol. The smallest absolute Gasteiger partial charge is 0.282 e. The van der Waals surface area contributed by atoms with Gasteiger partial charge in [-0.3, -0.25) is 14.5 Å². The fourth-order valence-electron chi connectivity index (χ4n) is 3.36. The predicted octanol–water partition coefficient (Wildman–Crippen LogP) is 4.81. The van der Waals surface area contributed by atoms with Crippen LogP contribution in [0.25, 0.3) is 6.08 Å². The molecule has 1 aliphatic rings. The summed E-state index contributed by atoms with van der Waals surface area (Å²) in [5, 5.41) is 0. The molecule has 0 aromatic heterocycles. The normalized spacial score (nSPS) is 14.7. The molecule has 0 atom stereocenters. The van der Waals surface area contributed by atoms with Crippen molar-refractivity contribution in [3.63, 3.8) is 0 Å². The van der Waals surface area contributed by atoms with Gasteiger partial charge in [0, 0.05) is 25.2 Å². The third-order valence-corrected chi connectivity index (χ3v) is 5.24. The second kappa shape index (κ2) is 8.40. The lowest BCUT2D eigenvalue weighted by Crippen LogP contribution is -2.32. The molecule has 2 amide bonds. The Morgan fingerprint density at radius 3 is 2.19 bits per heavy atom. The van der Waals surface area contributed by atoms with E-state index in [1.165, 1.54) is 6.92 Å². The molecule has 5 nitrogen and oxygen atoms in total. The summed E-state index contributed by atoms with van der Waals surface area (Å²) in [5.74, 6) is 0.337. The van der Waals surface area contributed by atoms with Crippen molar-refractivity contribution < 1.29 is 9.59 Å². The Labute approximate surface area is 182 Å². The van der Waals surface area contributed by atoms with Crippen LogP contribution in [0.4, 0.5) is 11.4 Å². The number of carbonyl (C=O) groups excluding carboxylic acids is 2. The first-order valence-electron chi connectivity index (χ1n) is 10.1. The Hall–Kier alpha value is -3.99. The van der Waals surface area contributed by atoms with Crippen LogP contribution in [0.1, 0.15) is 23.6 Å². The van der Waals surface area contributed by atoms with Gasteiger partial charge >= 0.3 is 0 Å². The van der Waals surface area contributed by atoms with E-state index in [0.29, 0.717) is 17.2 Å². The fourth-order valence-corrected chi connectivity index (χ4v) is 3.36. The lowest BCUT2D eigenvalue weighted by Gasteiger charge is -2.20. The monoisotopic (exact) mass is 409 g/mol. The van der Waals surface area contributed by atoms with E-state index in [-0.39, 0.29) is 11.8 Å². The maximum absolute atomic E-state index is 13.4. The minimum absolute atomic E-state index is 0.0557. The lowest BCUT2D eigenvalue weighted by atomic mass is 10.1. The summed E-state index contributed by atoms with van der Waals surface area (Å²) in [6, 6.07) is 24.9. The van der Waals surface area contributed by atoms with Gasteiger partial charge < -0.3 is 4.90 Å². The largest absolute Gasteiger partial charge is 0.316 e. The Morgan fingerprint density at radius 2 is 1.58 bits per heavy atom. The SMILES string of the molecule is CC(=O)N(C)c1ccc(N2C(=O)C(=Cc3ccc(C)cc3)N=C2c2ccccc2)cc1. The van der Waals surface area contributed by atoms with Gasteiger partial charge in [-0.1, -0.05) is 60.2 Å². The summed E-state index contributed by atoms with van der Waals surface area (Å²) >= 11 is 0. The highest BCUT2D eigenvalue weighted by atomic mass is 16.2. The van der Waals surface area contributed by atoms with Gasteiger partial charge in [0.15, 0.2) is 0 Å². The van der Waals surface area contributed by atoms with E-state index >= 15 is 0 Å². The first-order valence-corrected chi connectivity index (χ1v) is 10.1. The van der Waals surface area contributed by atoms with Crippen molar-refractivity contribution in [1.82, 2.24) is 0 Å². The second-order valence-electron chi connectivity index (χ2n) is 7.48. The number of anilines is 2. The number of hydrogen-bond donors (Lipinski definition) is 0. The zero-order chi connectivity index (χ0) is 22.0. The minimum atomic E-state index is -0.188. The number of rotatable bonds is 4. The van der Waals surface area contributed by atoms with Crippen LogP contribution in [-0.2, 0) is 9.59 Å². The molecule has 0 radical (unpaired) electrons. The van der Waals surface area contributed by atoms with Crippen LogP contribution in [0.2, 0.25) is 0 Å². The Balaban J connectivity index is 1.75. The van der Waals surface area contributed by atoms with Gasteiger partial charge in [0.25, 0.3) is 5.91 Å². The number of benzene rings is 3. The molecule has 0 saturated heterocycles. The average molecular weight is 409 g/mol. The van der Waals surface area contributed by atoms with Crippen molar-refractivity contribution in [2.24, 2.45) is 4.99 Å². The molecule has 0 unspecified atom stereocenters. The van der Waals surface area contributed by atoms with Gasteiger partial charge in [-0.05, 0) is 42.8 Å². The Morgan fingerprint density at radius 1 is 0.935 bits per heavy atom. The van der Waals surface area contributed by atoms with Gasteiger partial charge in [-0.25, -0.2) is 4.99 Å². The number of amides is 2. The van der Waals surface area contributed by atoms with E-state index in [1.54, 1.807) is 16.8 Å². The molecule has 1 heterocycles. The molecule has 5 heteroatoms. The quantitative estimate of drug-likeness (QED) is 0.581. The van der Waals surface area contributed by atoms with E-state index in [2.05, 4.69) is 0 Å². The van der Waals surface area contributed by atoms with Crippen LogP contribution in [-0.4, -0.2) is 24.7 Å². The molecule has 3 aromatic rings. The third kappa shape index (κ3) is 4.16. The number of aryl methyl sites for hydroxylation is 1. The second-order valence-corrected chi connectivity index (χ2v) is 7.48. The van der Waals surface area contributed by atoms with E-state index in [4.69, 9.17) is 4.99 Å². The van der Waals surface area contributed by atoms with E-state index in [9.17, 15) is 9.59 Å². The van der Waals surface area contributed by atoms with Crippen molar-refractivity contribution in [2.75, 3.05) is 16.8 Å². The van der Waals surface area contributed by atoms with Crippen LogP contribution in [0.5, 0.6) is 0 Å². The van der Waals surface area contributed by atoms with Gasteiger partial charge in [0.1, 0.15) is 11.5 Å².